The molecule has 3 heteroatoms. The highest BCUT2D eigenvalue weighted by Gasteiger charge is 2.33. The molecule has 0 radical (unpaired) electrons. The summed E-state index contributed by atoms with van der Waals surface area (Å²) in [5.74, 6) is 0.293. The van der Waals surface area contributed by atoms with Gasteiger partial charge in [-0.2, -0.15) is 0 Å². The van der Waals surface area contributed by atoms with Gasteiger partial charge in [0.05, 0.1) is 0 Å². The Labute approximate surface area is 134 Å². The zero-order valence-corrected chi connectivity index (χ0v) is 14.3. The number of benzene rings is 1. The molecule has 0 heterocycles. The maximum Gasteiger partial charge on any atom is 0.162 e. The lowest BCUT2D eigenvalue weighted by atomic mass is 9.75. The average molecular weight is 300 g/mol. The second-order valence-corrected chi connectivity index (χ2v) is 6.85. The molecule has 0 saturated heterocycles. The molecular weight excluding hydrogens is 272 g/mol. The molecule has 0 bridgehead atoms. The van der Waals surface area contributed by atoms with Crippen molar-refractivity contribution in [2.75, 3.05) is 25.0 Å². The maximum atomic E-state index is 12.7. The SMILES string of the molecule is CCN(CC)CC1=C(Nc2ccccc2)CC(C)(C)CC1=O. The Bertz CT molecular complexity index is 542. The van der Waals surface area contributed by atoms with Gasteiger partial charge < -0.3 is 5.32 Å². The molecule has 120 valence electrons. The Kier molecular flexibility index (Phi) is 5.41. The maximum absolute atomic E-state index is 12.7. The van der Waals surface area contributed by atoms with Crippen LogP contribution >= 0.6 is 0 Å². The molecule has 0 amide bonds. The van der Waals surface area contributed by atoms with E-state index in [1.807, 2.05) is 30.3 Å². The van der Waals surface area contributed by atoms with Crippen LogP contribution in [0.4, 0.5) is 5.69 Å². The van der Waals surface area contributed by atoms with Crippen LogP contribution < -0.4 is 5.32 Å². The van der Waals surface area contributed by atoms with Gasteiger partial charge in [0, 0.05) is 29.9 Å². The predicted molar refractivity (Wildman–Crippen MR) is 92.9 cm³/mol. The van der Waals surface area contributed by atoms with Gasteiger partial charge in [0.25, 0.3) is 0 Å². The number of hydrogen-bond donors (Lipinski definition) is 1. The van der Waals surface area contributed by atoms with Crippen molar-refractivity contribution in [2.24, 2.45) is 5.41 Å². The fraction of sp³-hybridized carbons (Fsp3) is 0.526. The first-order valence-electron chi connectivity index (χ1n) is 8.25. The lowest BCUT2D eigenvalue weighted by Gasteiger charge is -2.34. The summed E-state index contributed by atoms with van der Waals surface area (Å²) in [5.41, 5.74) is 3.15. The number of likely N-dealkylation sites (N-methyl/N-ethyl adjacent to an activating group) is 1. The number of nitrogens with zero attached hydrogens (tertiary/aromatic N) is 1. The highest BCUT2D eigenvalue weighted by Crippen LogP contribution is 2.37. The van der Waals surface area contributed by atoms with Gasteiger partial charge in [-0.05, 0) is 37.1 Å². The number of anilines is 1. The number of carbonyl (C=O) groups excluding carboxylic acids is 1. The topological polar surface area (TPSA) is 32.3 Å². The van der Waals surface area contributed by atoms with Gasteiger partial charge in [0.2, 0.25) is 0 Å². The van der Waals surface area contributed by atoms with Crippen LogP contribution in [0.2, 0.25) is 0 Å². The molecule has 0 atom stereocenters. The van der Waals surface area contributed by atoms with Gasteiger partial charge in [-0.25, -0.2) is 0 Å². The van der Waals surface area contributed by atoms with E-state index in [1.165, 1.54) is 0 Å². The highest BCUT2D eigenvalue weighted by molar-refractivity contribution is 5.98. The van der Waals surface area contributed by atoms with E-state index < -0.39 is 0 Å². The third-order valence-electron chi connectivity index (χ3n) is 4.34. The van der Waals surface area contributed by atoms with Gasteiger partial charge in [0.1, 0.15) is 0 Å². The smallest absolute Gasteiger partial charge is 0.162 e. The zero-order chi connectivity index (χ0) is 16.2. The van der Waals surface area contributed by atoms with Crippen molar-refractivity contribution in [1.82, 2.24) is 4.90 Å². The number of carbonyl (C=O) groups is 1. The molecule has 1 aromatic carbocycles. The lowest BCUT2D eigenvalue weighted by Crippen LogP contribution is -2.35. The Hall–Kier alpha value is -1.61. The number of hydrogen-bond acceptors (Lipinski definition) is 3. The van der Waals surface area contributed by atoms with Crippen LogP contribution in [0.25, 0.3) is 0 Å². The lowest BCUT2D eigenvalue weighted by molar-refractivity contribution is -0.118. The molecule has 2 rings (SSSR count). The minimum atomic E-state index is 0.0287. The molecule has 22 heavy (non-hydrogen) atoms. The fourth-order valence-corrected chi connectivity index (χ4v) is 3.03. The van der Waals surface area contributed by atoms with E-state index in [0.717, 1.165) is 43.0 Å². The third kappa shape index (κ3) is 4.20. The Morgan fingerprint density at radius 1 is 1.09 bits per heavy atom. The minimum absolute atomic E-state index is 0.0287. The molecule has 1 aliphatic rings. The summed E-state index contributed by atoms with van der Waals surface area (Å²) < 4.78 is 0. The van der Waals surface area contributed by atoms with E-state index in [0.29, 0.717) is 12.2 Å². The van der Waals surface area contributed by atoms with Crippen molar-refractivity contribution in [3.8, 4) is 0 Å². The molecule has 3 nitrogen and oxygen atoms in total. The van der Waals surface area contributed by atoms with Crippen LogP contribution in [0, 0.1) is 5.41 Å². The number of Topliss-reactive ketones (excluding diaryl/α,β-unsaturated/α-hetero) is 1. The van der Waals surface area contributed by atoms with Gasteiger partial charge in [-0.1, -0.05) is 45.9 Å². The van der Waals surface area contributed by atoms with Crippen LogP contribution in [0.1, 0.15) is 40.5 Å². The molecule has 1 aromatic rings. The standard InChI is InChI=1S/C19H28N2O/c1-5-21(6-2)14-16-17(12-19(3,4)13-18(16)22)20-15-10-8-7-9-11-15/h7-11,20H,5-6,12-14H2,1-4H3. The summed E-state index contributed by atoms with van der Waals surface area (Å²) in [6.07, 6.45) is 1.56. The van der Waals surface area contributed by atoms with E-state index >= 15 is 0 Å². The molecule has 0 spiro atoms. The summed E-state index contributed by atoms with van der Waals surface area (Å²) in [5, 5.41) is 3.50. The first kappa shape index (κ1) is 16.8. The normalized spacial score (nSPS) is 18.0. The van der Waals surface area contributed by atoms with Crippen LogP contribution in [0.3, 0.4) is 0 Å². The molecule has 0 aromatic heterocycles. The average Bonchev–Trinajstić information content (AvgIpc) is 2.47. The molecule has 0 aliphatic heterocycles. The van der Waals surface area contributed by atoms with Crippen molar-refractivity contribution in [3.05, 3.63) is 41.6 Å². The third-order valence-corrected chi connectivity index (χ3v) is 4.34. The van der Waals surface area contributed by atoms with E-state index in [4.69, 9.17) is 0 Å². The number of rotatable bonds is 6. The monoisotopic (exact) mass is 300 g/mol. The molecule has 0 unspecified atom stereocenters. The first-order chi connectivity index (χ1) is 10.4. The zero-order valence-electron chi connectivity index (χ0n) is 14.3. The molecule has 1 N–H and O–H groups in total. The molecule has 0 saturated carbocycles. The summed E-state index contributed by atoms with van der Waals surface area (Å²) in [7, 11) is 0. The van der Waals surface area contributed by atoms with E-state index in [9.17, 15) is 4.79 Å². The van der Waals surface area contributed by atoms with Gasteiger partial charge in [-0.3, -0.25) is 9.69 Å². The van der Waals surface area contributed by atoms with E-state index in [2.05, 4.69) is 37.9 Å². The highest BCUT2D eigenvalue weighted by atomic mass is 16.1. The van der Waals surface area contributed by atoms with E-state index in [-0.39, 0.29) is 5.41 Å². The number of ketones is 1. The predicted octanol–water partition coefficient (Wildman–Crippen LogP) is 4.08. The van der Waals surface area contributed by atoms with Crippen molar-refractivity contribution < 1.29 is 4.79 Å². The van der Waals surface area contributed by atoms with Crippen molar-refractivity contribution in [3.63, 3.8) is 0 Å². The number of allylic oxidation sites excluding steroid dienone is 1. The summed E-state index contributed by atoms with van der Waals surface area (Å²) in [6, 6.07) is 10.1. The molecular formula is C19H28N2O. The quantitative estimate of drug-likeness (QED) is 0.859. The van der Waals surface area contributed by atoms with Gasteiger partial charge in [-0.15, -0.1) is 0 Å². The van der Waals surface area contributed by atoms with Crippen LogP contribution in [-0.2, 0) is 4.79 Å². The van der Waals surface area contributed by atoms with Crippen molar-refractivity contribution in [2.45, 2.75) is 40.5 Å². The summed E-state index contributed by atoms with van der Waals surface area (Å²) in [4.78, 5) is 15.0. The molecule has 0 fully saturated rings. The van der Waals surface area contributed by atoms with Crippen molar-refractivity contribution >= 4 is 11.5 Å². The fourth-order valence-electron chi connectivity index (χ4n) is 3.03. The van der Waals surface area contributed by atoms with Crippen LogP contribution in [0.15, 0.2) is 41.6 Å². The summed E-state index contributed by atoms with van der Waals surface area (Å²) in [6.45, 7) is 11.3. The summed E-state index contributed by atoms with van der Waals surface area (Å²) >= 11 is 0. The van der Waals surface area contributed by atoms with E-state index in [1.54, 1.807) is 0 Å². The Balaban J connectivity index is 2.31. The largest absolute Gasteiger partial charge is 0.359 e. The minimum Gasteiger partial charge on any atom is -0.359 e. The Morgan fingerprint density at radius 3 is 2.32 bits per heavy atom. The van der Waals surface area contributed by atoms with Crippen LogP contribution in [-0.4, -0.2) is 30.3 Å². The second kappa shape index (κ2) is 7.10. The van der Waals surface area contributed by atoms with Crippen molar-refractivity contribution in [1.29, 1.82) is 0 Å². The van der Waals surface area contributed by atoms with Gasteiger partial charge in [0.15, 0.2) is 5.78 Å². The first-order valence-corrected chi connectivity index (χ1v) is 8.25. The second-order valence-electron chi connectivity index (χ2n) is 6.85. The van der Waals surface area contributed by atoms with Gasteiger partial charge >= 0.3 is 0 Å². The number of nitrogens with one attached hydrogen (secondary N) is 1. The Morgan fingerprint density at radius 2 is 1.73 bits per heavy atom. The number of para-hydroxylation sites is 1. The molecule has 1 aliphatic carbocycles. The van der Waals surface area contributed by atoms with Crippen LogP contribution in [0.5, 0.6) is 0 Å².